The number of aliphatic hydroxyl groups excluding tert-OH is 1. The van der Waals surface area contributed by atoms with Crippen LogP contribution < -0.4 is 30.9 Å². The Labute approximate surface area is 528 Å². The second-order valence-corrected chi connectivity index (χ2v) is 22.6. The molecular formula is C66H61F9N8O11. The predicted molar refractivity (Wildman–Crippen MR) is 323 cm³/mol. The lowest BCUT2D eigenvalue weighted by molar-refractivity contribution is -0.149. The van der Waals surface area contributed by atoms with Crippen molar-refractivity contribution < 1.29 is 78.3 Å². The summed E-state index contributed by atoms with van der Waals surface area (Å²) in [7, 11) is 0. The summed E-state index contributed by atoms with van der Waals surface area (Å²) in [6.07, 6.45) is 7.51. The number of hydrogen-bond acceptors (Lipinski definition) is 14. The van der Waals surface area contributed by atoms with Gasteiger partial charge in [0, 0.05) is 92.1 Å². The topological polar surface area (TPSA) is 223 Å². The van der Waals surface area contributed by atoms with Crippen molar-refractivity contribution in [3.05, 3.63) is 210 Å². The van der Waals surface area contributed by atoms with Gasteiger partial charge in [-0.3, -0.25) is 24.1 Å². The Bertz CT molecular complexity index is 4390. The van der Waals surface area contributed by atoms with Crippen LogP contribution in [0, 0.1) is 58.3 Å². The summed E-state index contributed by atoms with van der Waals surface area (Å²) in [4.78, 5) is 74.4. The van der Waals surface area contributed by atoms with Gasteiger partial charge in [-0.05, 0) is 100 Å². The Kier molecular flexibility index (Phi) is 21.3. The van der Waals surface area contributed by atoms with Gasteiger partial charge in [0.15, 0.2) is 0 Å². The number of hydrogen-bond donors (Lipinski definition) is 2. The van der Waals surface area contributed by atoms with Gasteiger partial charge in [0.1, 0.15) is 81.8 Å². The Morgan fingerprint density at radius 1 is 0.468 bits per heavy atom. The van der Waals surface area contributed by atoms with E-state index in [-0.39, 0.29) is 89.4 Å². The summed E-state index contributed by atoms with van der Waals surface area (Å²) in [6, 6.07) is 18.1. The Morgan fingerprint density at radius 3 is 1.10 bits per heavy atom. The maximum atomic E-state index is 14.1. The Balaban J connectivity index is 0.000000154. The highest BCUT2D eigenvalue weighted by atomic mass is 19.2. The van der Waals surface area contributed by atoms with Gasteiger partial charge in [-0.1, -0.05) is 0 Å². The van der Waals surface area contributed by atoms with Crippen molar-refractivity contribution in [2.45, 2.75) is 96.2 Å². The number of likely N-dealkylation sites (tertiary alicyclic amines) is 2. The zero-order chi connectivity index (χ0) is 66.9. The van der Waals surface area contributed by atoms with Crippen LogP contribution in [-0.4, -0.2) is 119 Å². The maximum absolute atomic E-state index is 14.1. The number of benzene rings is 6. The third-order valence-corrected chi connectivity index (χ3v) is 16.4. The predicted octanol–water partition coefficient (Wildman–Crippen LogP) is 10.4. The zero-order valence-electron chi connectivity index (χ0n) is 50.3. The summed E-state index contributed by atoms with van der Waals surface area (Å²) < 4.78 is 151. The van der Waals surface area contributed by atoms with Crippen LogP contribution in [0.15, 0.2) is 124 Å². The third kappa shape index (κ3) is 16.1. The highest BCUT2D eigenvalue weighted by Crippen LogP contribution is 2.31. The molecule has 0 radical (unpaired) electrons. The van der Waals surface area contributed by atoms with Crippen molar-refractivity contribution in [1.29, 1.82) is 0 Å². The number of halogens is 9. The molecule has 2 saturated heterocycles. The monoisotopic (exact) mass is 1310 g/mol. The highest BCUT2D eigenvalue weighted by molar-refractivity contribution is 5.81. The fourth-order valence-electron chi connectivity index (χ4n) is 11.4. The molecule has 1 amide bonds. The van der Waals surface area contributed by atoms with E-state index >= 15 is 0 Å². The average Bonchev–Trinajstić information content (AvgIpc) is 0.839. The van der Waals surface area contributed by atoms with E-state index in [0.717, 1.165) is 25.9 Å². The van der Waals surface area contributed by atoms with Gasteiger partial charge in [0.25, 0.3) is 16.7 Å². The van der Waals surface area contributed by atoms with Crippen molar-refractivity contribution >= 4 is 44.8 Å². The first-order valence-electron chi connectivity index (χ1n) is 30.0. The van der Waals surface area contributed by atoms with Crippen molar-refractivity contribution in [3.8, 4) is 17.2 Å². The molecule has 3 fully saturated rings. The fourth-order valence-corrected chi connectivity index (χ4v) is 11.4. The number of aromatic nitrogens is 6. The molecule has 1 saturated carbocycles. The van der Waals surface area contributed by atoms with Crippen molar-refractivity contribution in [2.75, 3.05) is 39.5 Å². The summed E-state index contributed by atoms with van der Waals surface area (Å²) in [5.41, 5.74) is -1.29. The molecule has 1 aliphatic carbocycles. The molecule has 28 heteroatoms. The molecule has 3 aromatic heterocycles. The lowest BCUT2D eigenvalue weighted by Crippen LogP contribution is -2.41. The number of rotatable bonds is 15. The standard InChI is InChI=1S/C24H23F3N2O4.C21H18F3N3O4.C21H20F3N3O3/c1-2-32-24(31)14-3-5-16(6-4-14)33-17-7-8-22-18(11-17)23(30)28-13-29(22)12-19-20(26)9-15(25)10-21(19)27;22-12-7-17(23)16(18(24)8-12)10-27-11-25-20(28)15-9-14(1-2-19(15)27)31-13-3-5-26(6-4-13)21(29)30;22-13-7-18(23)17(19(24)8-13)10-27-11-25-21(29)16-9-15(1-2-20(16)27)30-14-3-5-26(12-28)6-4-14/h7-11,13-14,16H,2-6,12H2,1H3;1-2,7-9,11,13H,3-6,10H2,(H,29,30);1-2,7-9,11,14,28H,3-6,10,12H2. The molecule has 0 atom stereocenters. The minimum absolute atomic E-state index is 0.0170. The normalized spacial score (nSPS) is 16.3. The van der Waals surface area contributed by atoms with Crippen LogP contribution >= 0.6 is 0 Å². The molecule has 94 heavy (non-hydrogen) atoms. The molecular weight excluding hydrogens is 1250 g/mol. The fraction of sp³-hybridized carbons (Fsp3) is 0.333. The van der Waals surface area contributed by atoms with Gasteiger partial charge in [-0.25, -0.2) is 44.3 Å². The van der Waals surface area contributed by atoms with Gasteiger partial charge < -0.3 is 47.8 Å². The molecule has 6 aromatic carbocycles. The summed E-state index contributed by atoms with van der Waals surface area (Å²) in [5, 5.41) is 18.9. The van der Waals surface area contributed by atoms with E-state index in [1.165, 1.54) is 43.6 Å². The largest absolute Gasteiger partial charge is 0.490 e. The van der Waals surface area contributed by atoms with Gasteiger partial charge in [-0.2, -0.15) is 15.0 Å². The van der Waals surface area contributed by atoms with Crippen molar-refractivity contribution in [3.63, 3.8) is 0 Å². The first-order valence-corrected chi connectivity index (χ1v) is 30.0. The molecule has 0 unspecified atom stereocenters. The highest BCUT2D eigenvalue weighted by Gasteiger charge is 2.29. The molecule has 19 nitrogen and oxygen atoms in total. The van der Waals surface area contributed by atoms with Gasteiger partial charge in [0.2, 0.25) is 0 Å². The number of carbonyl (C=O) groups is 2. The minimum Gasteiger partial charge on any atom is -0.490 e. The number of carbonyl (C=O) groups excluding carboxylic acids is 1. The maximum Gasteiger partial charge on any atom is 0.407 e. The van der Waals surface area contributed by atoms with Crippen LogP contribution in [0.5, 0.6) is 17.2 Å². The van der Waals surface area contributed by atoms with Crippen LogP contribution in [0.25, 0.3) is 32.7 Å². The van der Waals surface area contributed by atoms with E-state index < -0.39 is 75.1 Å². The molecule has 3 aliphatic rings. The Hall–Kier alpha value is -9.83. The Morgan fingerprint density at radius 2 is 0.787 bits per heavy atom. The first kappa shape index (κ1) is 67.1. The lowest BCUT2D eigenvalue weighted by atomic mass is 9.87. The summed E-state index contributed by atoms with van der Waals surface area (Å²) in [5.74, 6) is -8.04. The van der Waals surface area contributed by atoms with Gasteiger partial charge in [-0.15, -0.1) is 0 Å². The molecule has 2 aliphatic heterocycles. The van der Waals surface area contributed by atoms with Crippen molar-refractivity contribution in [1.82, 2.24) is 38.5 Å². The van der Waals surface area contributed by atoms with E-state index in [2.05, 4.69) is 15.0 Å². The van der Waals surface area contributed by atoms with E-state index in [1.807, 2.05) is 4.90 Å². The quantitative estimate of drug-likeness (QED) is 0.0720. The lowest BCUT2D eigenvalue weighted by Gasteiger charge is -2.30. The van der Waals surface area contributed by atoms with Crippen LogP contribution in [0.4, 0.5) is 44.3 Å². The van der Waals surface area contributed by atoms with E-state index in [9.17, 15) is 68.6 Å². The number of aliphatic hydroxyl groups is 1. The second kappa shape index (κ2) is 29.8. The average molecular weight is 1310 g/mol. The van der Waals surface area contributed by atoms with Crippen molar-refractivity contribution in [2.24, 2.45) is 5.92 Å². The zero-order valence-corrected chi connectivity index (χ0v) is 50.3. The van der Waals surface area contributed by atoms with Crippen LogP contribution in [0.3, 0.4) is 0 Å². The molecule has 9 aromatic rings. The number of amides is 1. The summed E-state index contributed by atoms with van der Waals surface area (Å²) in [6.45, 7) is 3.52. The summed E-state index contributed by atoms with van der Waals surface area (Å²) >= 11 is 0. The molecule has 494 valence electrons. The smallest absolute Gasteiger partial charge is 0.407 e. The van der Waals surface area contributed by atoms with Gasteiger partial charge in [0.05, 0.1) is 96.7 Å². The SMILES string of the molecule is CCOC(=O)C1CCC(Oc2ccc3c(c2)c(=O)ncn3Cc2c(F)cc(F)cc2F)CC1.O=C(O)N1CCC(Oc2ccc3c(c2)c(=O)ncn3Cc2c(F)cc(F)cc2F)CC1.O=c1ncn(Cc2c(F)cc(F)cc2F)c2ccc(OC3CCN(CO)CC3)cc12. The minimum atomic E-state index is -1.03. The molecule has 0 spiro atoms. The first-order chi connectivity index (χ1) is 45.1. The molecule has 0 bridgehead atoms. The number of nitrogens with zero attached hydrogens (tertiary/aromatic N) is 8. The van der Waals surface area contributed by atoms with Crippen LogP contribution in [0.2, 0.25) is 0 Å². The van der Waals surface area contributed by atoms with E-state index in [1.54, 1.807) is 55.5 Å². The van der Waals surface area contributed by atoms with E-state index in [4.69, 9.17) is 24.1 Å². The molecule has 12 rings (SSSR count). The van der Waals surface area contributed by atoms with Crippen LogP contribution in [-0.2, 0) is 29.2 Å². The van der Waals surface area contributed by atoms with Gasteiger partial charge >= 0.3 is 12.1 Å². The number of ether oxygens (including phenoxy) is 4. The molecule has 2 N–H and O–H groups in total. The second-order valence-electron chi connectivity index (χ2n) is 22.6. The number of esters is 1. The number of carboxylic acid groups (broad SMARTS) is 1. The number of fused-ring (bicyclic) bond motifs is 3. The number of piperidine rings is 2. The van der Waals surface area contributed by atoms with Crippen LogP contribution in [0.1, 0.15) is 75.0 Å². The van der Waals surface area contributed by atoms with E-state index in [0.29, 0.717) is 128 Å². The third-order valence-electron chi connectivity index (χ3n) is 16.4. The molecule has 5 heterocycles.